The molecule has 0 atom stereocenters. The fraction of sp³-hybridized carbons (Fsp3) is 0.111. The van der Waals surface area contributed by atoms with Crippen LogP contribution < -0.4 is 0 Å². The van der Waals surface area contributed by atoms with E-state index in [9.17, 15) is 0 Å². The quantitative estimate of drug-likeness (QED) is 0.726. The Kier molecular flexibility index (Phi) is 3.53. The molecule has 0 saturated carbocycles. The van der Waals surface area contributed by atoms with E-state index in [2.05, 4.69) is 24.2 Å². The molecule has 0 aliphatic heterocycles. The SMILES string of the molecule is Cc1ccccc1-n1cc(-c2ccccc2)c(CC#N)n1. The number of nitriles is 1. The Bertz CT molecular complexity index is 795. The van der Waals surface area contributed by atoms with Crippen LogP contribution in [0, 0.1) is 18.3 Å². The minimum Gasteiger partial charge on any atom is -0.240 e. The van der Waals surface area contributed by atoms with Crippen LogP contribution in [0.25, 0.3) is 16.8 Å². The van der Waals surface area contributed by atoms with E-state index in [-0.39, 0.29) is 0 Å². The van der Waals surface area contributed by atoms with Crippen LogP contribution in [-0.4, -0.2) is 9.78 Å². The summed E-state index contributed by atoms with van der Waals surface area (Å²) >= 11 is 0. The predicted molar refractivity (Wildman–Crippen MR) is 83.1 cm³/mol. The summed E-state index contributed by atoms with van der Waals surface area (Å²) in [5.74, 6) is 0. The van der Waals surface area contributed by atoms with Crippen molar-refractivity contribution in [3.8, 4) is 22.9 Å². The van der Waals surface area contributed by atoms with Gasteiger partial charge in [-0.25, -0.2) is 4.68 Å². The summed E-state index contributed by atoms with van der Waals surface area (Å²) in [6.45, 7) is 2.06. The molecule has 0 N–H and O–H groups in total. The molecular weight excluding hydrogens is 258 g/mol. The lowest BCUT2D eigenvalue weighted by atomic mass is 10.1. The van der Waals surface area contributed by atoms with Crippen LogP contribution in [0.5, 0.6) is 0 Å². The summed E-state index contributed by atoms with van der Waals surface area (Å²) in [5, 5.41) is 13.6. The van der Waals surface area contributed by atoms with Gasteiger partial charge in [0.05, 0.1) is 23.9 Å². The minimum atomic E-state index is 0.309. The topological polar surface area (TPSA) is 41.6 Å². The fourth-order valence-electron chi connectivity index (χ4n) is 2.42. The molecule has 0 saturated heterocycles. The van der Waals surface area contributed by atoms with Crippen molar-refractivity contribution >= 4 is 0 Å². The fourth-order valence-corrected chi connectivity index (χ4v) is 2.42. The lowest BCUT2D eigenvalue weighted by Gasteiger charge is -2.04. The Morgan fingerprint density at radius 2 is 1.76 bits per heavy atom. The highest BCUT2D eigenvalue weighted by molar-refractivity contribution is 5.66. The van der Waals surface area contributed by atoms with E-state index in [1.54, 1.807) is 0 Å². The molecule has 1 heterocycles. The zero-order chi connectivity index (χ0) is 14.7. The zero-order valence-corrected chi connectivity index (χ0v) is 11.8. The molecule has 0 unspecified atom stereocenters. The second kappa shape index (κ2) is 5.64. The smallest absolute Gasteiger partial charge is 0.0847 e. The van der Waals surface area contributed by atoms with Gasteiger partial charge < -0.3 is 0 Å². The maximum Gasteiger partial charge on any atom is 0.0847 e. The number of benzene rings is 2. The van der Waals surface area contributed by atoms with E-state index in [4.69, 9.17) is 5.26 Å². The monoisotopic (exact) mass is 273 g/mol. The third kappa shape index (κ3) is 2.56. The number of aromatic nitrogens is 2. The summed E-state index contributed by atoms with van der Waals surface area (Å²) in [4.78, 5) is 0. The molecule has 102 valence electrons. The Labute approximate surface area is 124 Å². The first-order chi connectivity index (χ1) is 10.3. The molecule has 0 spiro atoms. The molecule has 0 radical (unpaired) electrons. The van der Waals surface area contributed by atoms with Gasteiger partial charge in [-0.3, -0.25) is 0 Å². The maximum atomic E-state index is 9.03. The average Bonchev–Trinajstić information content (AvgIpc) is 2.93. The summed E-state index contributed by atoms with van der Waals surface area (Å²) in [7, 11) is 0. The number of aryl methyl sites for hydroxylation is 1. The van der Waals surface area contributed by atoms with Gasteiger partial charge in [0.15, 0.2) is 0 Å². The number of rotatable bonds is 3. The molecule has 3 aromatic rings. The van der Waals surface area contributed by atoms with Gasteiger partial charge in [-0.2, -0.15) is 10.4 Å². The second-order valence-corrected chi connectivity index (χ2v) is 4.92. The van der Waals surface area contributed by atoms with Crippen molar-refractivity contribution in [2.45, 2.75) is 13.3 Å². The number of hydrogen-bond donors (Lipinski definition) is 0. The summed E-state index contributed by atoms with van der Waals surface area (Å²) in [5.41, 5.74) is 5.11. The highest BCUT2D eigenvalue weighted by atomic mass is 15.3. The van der Waals surface area contributed by atoms with E-state index in [0.29, 0.717) is 6.42 Å². The Morgan fingerprint density at radius 3 is 2.48 bits per heavy atom. The van der Waals surface area contributed by atoms with Crippen molar-refractivity contribution in [2.24, 2.45) is 0 Å². The molecule has 0 aliphatic carbocycles. The van der Waals surface area contributed by atoms with Gasteiger partial charge in [0.25, 0.3) is 0 Å². The van der Waals surface area contributed by atoms with Crippen molar-refractivity contribution in [1.29, 1.82) is 5.26 Å². The molecule has 0 fully saturated rings. The van der Waals surface area contributed by atoms with Crippen LogP contribution in [0.15, 0.2) is 60.8 Å². The van der Waals surface area contributed by atoms with E-state index < -0.39 is 0 Å². The first kappa shape index (κ1) is 13.1. The first-order valence-electron chi connectivity index (χ1n) is 6.86. The van der Waals surface area contributed by atoms with Gasteiger partial charge >= 0.3 is 0 Å². The van der Waals surface area contributed by atoms with Gasteiger partial charge in [-0.1, -0.05) is 48.5 Å². The molecular formula is C18H15N3. The largest absolute Gasteiger partial charge is 0.240 e. The maximum absolute atomic E-state index is 9.03. The highest BCUT2D eigenvalue weighted by Crippen LogP contribution is 2.25. The normalized spacial score (nSPS) is 10.3. The average molecular weight is 273 g/mol. The molecule has 3 rings (SSSR count). The molecule has 3 heteroatoms. The van der Waals surface area contributed by atoms with E-state index in [0.717, 1.165) is 28.1 Å². The van der Waals surface area contributed by atoms with Crippen molar-refractivity contribution < 1.29 is 0 Å². The molecule has 0 aliphatic rings. The summed E-state index contributed by atoms with van der Waals surface area (Å²) in [6, 6.07) is 20.4. The van der Waals surface area contributed by atoms with Crippen LogP contribution >= 0.6 is 0 Å². The van der Waals surface area contributed by atoms with Gasteiger partial charge in [-0.05, 0) is 24.1 Å². The van der Waals surface area contributed by atoms with Crippen molar-refractivity contribution in [3.05, 3.63) is 72.1 Å². The third-order valence-corrected chi connectivity index (χ3v) is 3.48. The van der Waals surface area contributed by atoms with E-state index in [1.165, 1.54) is 0 Å². The van der Waals surface area contributed by atoms with Crippen LogP contribution in [0.2, 0.25) is 0 Å². The third-order valence-electron chi connectivity index (χ3n) is 3.48. The predicted octanol–water partition coefficient (Wildman–Crippen LogP) is 3.91. The first-order valence-corrected chi connectivity index (χ1v) is 6.86. The zero-order valence-electron chi connectivity index (χ0n) is 11.8. The van der Waals surface area contributed by atoms with E-state index in [1.807, 2.05) is 59.4 Å². The van der Waals surface area contributed by atoms with Gasteiger partial charge in [0.2, 0.25) is 0 Å². The summed E-state index contributed by atoms with van der Waals surface area (Å²) in [6.07, 6.45) is 2.31. The lowest BCUT2D eigenvalue weighted by molar-refractivity contribution is 0.847. The highest BCUT2D eigenvalue weighted by Gasteiger charge is 2.12. The lowest BCUT2D eigenvalue weighted by Crippen LogP contribution is -1.98. The van der Waals surface area contributed by atoms with Crippen LogP contribution in [0.3, 0.4) is 0 Å². The summed E-state index contributed by atoms with van der Waals surface area (Å²) < 4.78 is 1.87. The Balaban J connectivity index is 2.14. The van der Waals surface area contributed by atoms with Gasteiger partial charge in [-0.15, -0.1) is 0 Å². The molecule has 21 heavy (non-hydrogen) atoms. The minimum absolute atomic E-state index is 0.309. The molecule has 3 nitrogen and oxygen atoms in total. The number of nitrogens with zero attached hydrogens (tertiary/aromatic N) is 3. The van der Waals surface area contributed by atoms with Gasteiger partial charge in [0.1, 0.15) is 0 Å². The van der Waals surface area contributed by atoms with Crippen molar-refractivity contribution in [2.75, 3.05) is 0 Å². The van der Waals surface area contributed by atoms with Gasteiger partial charge in [0, 0.05) is 11.8 Å². The van der Waals surface area contributed by atoms with Crippen molar-refractivity contribution in [1.82, 2.24) is 9.78 Å². The van der Waals surface area contributed by atoms with Crippen LogP contribution in [-0.2, 0) is 6.42 Å². The van der Waals surface area contributed by atoms with E-state index >= 15 is 0 Å². The van der Waals surface area contributed by atoms with Crippen LogP contribution in [0.4, 0.5) is 0 Å². The number of para-hydroxylation sites is 1. The van der Waals surface area contributed by atoms with Crippen molar-refractivity contribution in [3.63, 3.8) is 0 Å². The molecule has 0 amide bonds. The number of hydrogen-bond acceptors (Lipinski definition) is 2. The second-order valence-electron chi connectivity index (χ2n) is 4.92. The standard InChI is InChI=1S/C18H15N3/c1-14-7-5-6-10-18(14)21-13-16(17(20-21)11-12-19)15-8-3-2-4-9-15/h2-10,13H,11H2,1H3. The molecule has 0 bridgehead atoms. The molecule has 1 aromatic heterocycles. The molecule has 2 aromatic carbocycles. The Morgan fingerprint density at radius 1 is 1.05 bits per heavy atom. The van der Waals surface area contributed by atoms with Crippen LogP contribution in [0.1, 0.15) is 11.3 Å². The Hall–Kier alpha value is -2.86.